The summed E-state index contributed by atoms with van der Waals surface area (Å²) in [5, 5.41) is 12.2. The molecule has 7 nitrogen and oxygen atoms in total. The van der Waals surface area contributed by atoms with Crippen molar-refractivity contribution in [1.82, 2.24) is 15.1 Å². The summed E-state index contributed by atoms with van der Waals surface area (Å²) in [4.78, 5) is 39.3. The van der Waals surface area contributed by atoms with Gasteiger partial charge in [-0.15, -0.1) is 0 Å². The molecule has 2 heterocycles. The van der Waals surface area contributed by atoms with E-state index in [9.17, 15) is 19.5 Å². The molecule has 0 aromatic heterocycles. The number of piperidine rings is 1. The summed E-state index contributed by atoms with van der Waals surface area (Å²) in [6, 6.07) is -0.362. The van der Waals surface area contributed by atoms with Gasteiger partial charge < -0.3 is 20.2 Å². The third-order valence-electron chi connectivity index (χ3n) is 4.67. The SMILES string of the molecule is CC1(C)C(=O)NCCN1C(=O)N1CCCCC1(C)C(=O)O. The van der Waals surface area contributed by atoms with Crippen molar-refractivity contribution in [2.45, 2.75) is 51.1 Å². The molecule has 3 amide bonds. The van der Waals surface area contributed by atoms with Gasteiger partial charge in [-0.05, 0) is 40.0 Å². The summed E-state index contributed by atoms with van der Waals surface area (Å²) in [6.07, 6.45) is 2.01. The highest BCUT2D eigenvalue weighted by Crippen LogP contribution is 2.31. The zero-order valence-electron chi connectivity index (χ0n) is 12.8. The summed E-state index contributed by atoms with van der Waals surface area (Å²) in [6.45, 7) is 6.15. The molecule has 0 saturated carbocycles. The molecule has 0 aromatic carbocycles. The van der Waals surface area contributed by atoms with Crippen molar-refractivity contribution in [3.8, 4) is 0 Å². The number of hydrogen-bond donors (Lipinski definition) is 2. The van der Waals surface area contributed by atoms with Crippen LogP contribution in [0.1, 0.15) is 40.0 Å². The molecule has 0 spiro atoms. The van der Waals surface area contributed by atoms with E-state index in [0.717, 1.165) is 12.8 Å². The van der Waals surface area contributed by atoms with Crippen LogP contribution in [0.15, 0.2) is 0 Å². The van der Waals surface area contributed by atoms with Gasteiger partial charge in [0.05, 0.1) is 0 Å². The van der Waals surface area contributed by atoms with Crippen LogP contribution in [0.3, 0.4) is 0 Å². The largest absolute Gasteiger partial charge is 0.480 e. The number of piperazine rings is 1. The first kappa shape index (κ1) is 15.6. The molecule has 0 radical (unpaired) electrons. The maximum absolute atomic E-state index is 12.8. The lowest BCUT2D eigenvalue weighted by Gasteiger charge is -2.48. The van der Waals surface area contributed by atoms with Gasteiger partial charge in [-0.1, -0.05) is 0 Å². The Hall–Kier alpha value is -1.79. The number of hydrogen-bond acceptors (Lipinski definition) is 3. The standard InChI is InChI=1S/C14H23N3O4/c1-13(2)10(18)15-7-9-16(13)12(21)17-8-5-4-6-14(17,3)11(19)20/h4-9H2,1-3H3,(H,15,18)(H,19,20). The summed E-state index contributed by atoms with van der Waals surface area (Å²) < 4.78 is 0. The second kappa shape index (κ2) is 5.20. The fourth-order valence-corrected chi connectivity index (χ4v) is 3.03. The molecule has 0 aromatic rings. The Morgan fingerprint density at radius 2 is 1.81 bits per heavy atom. The highest BCUT2D eigenvalue weighted by molar-refractivity contribution is 5.93. The van der Waals surface area contributed by atoms with Crippen molar-refractivity contribution in [3.05, 3.63) is 0 Å². The quantitative estimate of drug-likeness (QED) is 0.743. The maximum Gasteiger partial charge on any atom is 0.329 e. The number of carbonyl (C=O) groups is 3. The van der Waals surface area contributed by atoms with Crippen molar-refractivity contribution in [2.24, 2.45) is 0 Å². The minimum absolute atomic E-state index is 0.212. The fourth-order valence-electron chi connectivity index (χ4n) is 3.03. The number of nitrogens with one attached hydrogen (secondary N) is 1. The third-order valence-corrected chi connectivity index (χ3v) is 4.67. The first-order valence-corrected chi connectivity index (χ1v) is 7.32. The molecule has 1 unspecified atom stereocenters. The van der Waals surface area contributed by atoms with Crippen LogP contribution in [-0.2, 0) is 9.59 Å². The predicted octanol–water partition coefficient (Wildman–Crippen LogP) is 0.646. The molecule has 2 fully saturated rings. The maximum atomic E-state index is 12.8. The molecule has 1 atom stereocenters. The molecule has 21 heavy (non-hydrogen) atoms. The van der Waals surface area contributed by atoms with Crippen molar-refractivity contribution in [3.63, 3.8) is 0 Å². The first-order valence-electron chi connectivity index (χ1n) is 7.32. The van der Waals surface area contributed by atoms with Gasteiger partial charge in [-0.3, -0.25) is 4.79 Å². The van der Waals surface area contributed by atoms with Gasteiger partial charge in [0.15, 0.2) is 0 Å². The number of nitrogens with zero attached hydrogens (tertiary/aromatic N) is 2. The van der Waals surface area contributed by atoms with Crippen LogP contribution in [0.2, 0.25) is 0 Å². The normalized spacial score (nSPS) is 29.0. The zero-order chi connectivity index (χ0) is 15.8. The number of urea groups is 1. The van der Waals surface area contributed by atoms with E-state index < -0.39 is 17.0 Å². The van der Waals surface area contributed by atoms with Crippen LogP contribution in [0, 0.1) is 0 Å². The van der Waals surface area contributed by atoms with Crippen LogP contribution in [0.5, 0.6) is 0 Å². The van der Waals surface area contributed by atoms with Gasteiger partial charge in [0, 0.05) is 19.6 Å². The van der Waals surface area contributed by atoms with E-state index in [-0.39, 0.29) is 11.9 Å². The zero-order valence-corrected chi connectivity index (χ0v) is 12.8. The predicted molar refractivity (Wildman–Crippen MR) is 75.8 cm³/mol. The average Bonchev–Trinajstić information content (AvgIpc) is 2.41. The number of carboxylic acids is 1. The summed E-state index contributed by atoms with van der Waals surface area (Å²) in [5.41, 5.74) is -2.16. The van der Waals surface area contributed by atoms with Gasteiger partial charge >= 0.3 is 12.0 Å². The Morgan fingerprint density at radius 3 is 2.43 bits per heavy atom. The van der Waals surface area contributed by atoms with Crippen molar-refractivity contribution in [2.75, 3.05) is 19.6 Å². The lowest BCUT2D eigenvalue weighted by Crippen LogP contribution is -2.69. The molecule has 2 aliphatic heterocycles. The average molecular weight is 297 g/mol. The van der Waals surface area contributed by atoms with E-state index in [1.54, 1.807) is 20.8 Å². The number of carboxylic acid groups (broad SMARTS) is 1. The Bertz CT molecular complexity index is 477. The highest BCUT2D eigenvalue weighted by atomic mass is 16.4. The van der Waals surface area contributed by atoms with E-state index in [1.807, 2.05) is 0 Å². The molecule has 0 bridgehead atoms. The van der Waals surface area contributed by atoms with Gasteiger partial charge in [0.2, 0.25) is 5.91 Å². The molecule has 2 N–H and O–H groups in total. The lowest BCUT2D eigenvalue weighted by molar-refractivity contribution is -0.151. The molecule has 2 rings (SSSR count). The number of likely N-dealkylation sites (tertiary alicyclic amines) is 1. The van der Waals surface area contributed by atoms with Crippen LogP contribution in [0.25, 0.3) is 0 Å². The van der Waals surface area contributed by atoms with E-state index in [2.05, 4.69) is 5.32 Å². The van der Waals surface area contributed by atoms with E-state index in [1.165, 1.54) is 9.80 Å². The second-order valence-electron chi connectivity index (χ2n) is 6.44. The third kappa shape index (κ3) is 2.45. The minimum atomic E-state index is -1.20. The van der Waals surface area contributed by atoms with Gasteiger partial charge in [0.25, 0.3) is 0 Å². The number of carbonyl (C=O) groups excluding carboxylic acids is 2. The monoisotopic (exact) mass is 297 g/mol. The van der Waals surface area contributed by atoms with Gasteiger partial charge in [0.1, 0.15) is 11.1 Å². The lowest BCUT2D eigenvalue weighted by atomic mass is 9.88. The van der Waals surface area contributed by atoms with E-state index >= 15 is 0 Å². The molecule has 2 aliphatic rings. The molecule has 118 valence electrons. The van der Waals surface area contributed by atoms with Crippen LogP contribution in [-0.4, -0.2) is 63.5 Å². The Morgan fingerprint density at radius 1 is 1.14 bits per heavy atom. The molecule has 7 heteroatoms. The number of aliphatic carboxylic acids is 1. The minimum Gasteiger partial charge on any atom is -0.480 e. The van der Waals surface area contributed by atoms with Crippen molar-refractivity contribution < 1.29 is 19.5 Å². The van der Waals surface area contributed by atoms with Crippen LogP contribution >= 0.6 is 0 Å². The fraction of sp³-hybridized carbons (Fsp3) is 0.786. The smallest absolute Gasteiger partial charge is 0.329 e. The van der Waals surface area contributed by atoms with Crippen molar-refractivity contribution in [1.29, 1.82) is 0 Å². The van der Waals surface area contributed by atoms with Gasteiger partial charge in [-0.2, -0.15) is 0 Å². The van der Waals surface area contributed by atoms with Crippen molar-refractivity contribution >= 4 is 17.9 Å². The second-order valence-corrected chi connectivity index (χ2v) is 6.44. The summed E-state index contributed by atoms with van der Waals surface area (Å²) in [5.74, 6) is -1.20. The number of amides is 3. The molecule has 2 saturated heterocycles. The molecular weight excluding hydrogens is 274 g/mol. The topological polar surface area (TPSA) is 90.0 Å². The van der Waals surface area contributed by atoms with Crippen LogP contribution in [0.4, 0.5) is 4.79 Å². The Kier molecular flexibility index (Phi) is 3.86. The Labute approximate surface area is 124 Å². The van der Waals surface area contributed by atoms with E-state index in [4.69, 9.17) is 0 Å². The molecular formula is C14H23N3O4. The number of rotatable bonds is 1. The molecule has 0 aliphatic carbocycles. The van der Waals surface area contributed by atoms with E-state index in [0.29, 0.717) is 26.1 Å². The highest BCUT2D eigenvalue weighted by Gasteiger charge is 2.49. The Balaban J connectivity index is 2.29. The van der Waals surface area contributed by atoms with Gasteiger partial charge in [-0.25, -0.2) is 9.59 Å². The first-order chi connectivity index (χ1) is 9.71. The summed E-state index contributed by atoms with van der Waals surface area (Å²) in [7, 11) is 0. The summed E-state index contributed by atoms with van der Waals surface area (Å²) >= 11 is 0. The van der Waals surface area contributed by atoms with Crippen LogP contribution < -0.4 is 5.32 Å².